The zero-order valence-corrected chi connectivity index (χ0v) is 9.01. The van der Waals surface area contributed by atoms with E-state index in [-0.39, 0.29) is 28.7 Å². The minimum absolute atomic E-state index is 0.0314. The van der Waals surface area contributed by atoms with Gasteiger partial charge in [0.15, 0.2) is 11.5 Å². The van der Waals surface area contributed by atoms with E-state index in [0.29, 0.717) is 0 Å². The molecule has 0 saturated carbocycles. The molecule has 86 valence electrons. The van der Waals surface area contributed by atoms with Gasteiger partial charge < -0.3 is 21.1 Å². The first-order valence-corrected chi connectivity index (χ1v) is 4.81. The molecule has 0 fully saturated rings. The molecule has 1 atom stereocenters. The molecule has 0 bridgehead atoms. The summed E-state index contributed by atoms with van der Waals surface area (Å²) < 4.78 is 0. The molecule has 0 heterocycles. The van der Waals surface area contributed by atoms with Gasteiger partial charge in [0.2, 0.25) is 0 Å². The summed E-state index contributed by atoms with van der Waals surface area (Å²) >= 11 is 0. The predicted molar refractivity (Wildman–Crippen MR) is 63.0 cm³/mol. The second kappa shape index (κ2) is 4.61. The maximum absolute atomic E-state index is 9.57. The highest BCUT2D eigenvalue weighted by atomic mass is 16.3. The van der Waals surface area contributed by atoms with Gasteiger partial charge in [0.25, 0.3) is 0 Å². The summed E-state index contributed by atoms with van der Waals surface area (Å²) in [6.07, 6.45) is 3.35. The van der Waals surface area contributed by atoms with E-state index < -0.39 is 5.75 Å². The van der Waals surface area contributed by atoms with Gasteiger partial charge in [-0.3, -0.25) is 0 Å². The van der Waals surface area contributed by atoms with Crippen LogP contribution >= 0.6 is 0 Å². The quantitative estimate of drug-likeness (QED) is 0.357. The lowest BCUT2D eigenvalue weighted by molar-refractivity contribution is 0.395. The summed E-state index contributed by atoms with van der Waals surface area (Å²) in [5, 5.41) is 28.2. The number of aromatic hydroxyl groups is 3. The van der Waals surface area contributed by atoms with Crippen molar-refractivity contribution < 1.29 is 15.3 Å². The van der Waals surface area contributed by atoms with E-state index in [1.807, 2.05) is 6.92 Å². The molecule has 0 aliphatic heterocycles. The normalized spacial score (nSPS) is 13.4. The fourth-order valence-electron chi connectivity index (χ4n) is 1.27. The summed E-state index contributed by atoms with van der Waals surface area (Å²) in [7, 11) is 0. The average molecular weight is 221 g/mol. The second-order valence-corrected chi connectivity index (χ2v) is 3.58. The fraction of sp³-hybridized carbons (Fsp3) is 0.167. The van der Waals surface area contributed by atoms with Crippen molar-refractivity contribution in [3.63, 3.8) is 0 Å². The van der Waals surface area contributed by atoms with Crippen LogP contribution in [0.4, 0.5) is 0 Å². The molecule has 0 radical (unpaired) electrons. The third-order valence-corrected chi connectivity index (χ3v) is 2.20. The van der Waals surface area contributed by atoms with Crippen LogP contribution in [0.15, 0.2) is 30.9 Å². The van der Waals surface area contributed by atoms with E-state index in [2.05, 4.69) is 6.58 Å². The maximum Gasteiger partial charge on any atom is 0.167 e. The van der Waals surface area contributed by atoms with Crippen LogP contribution in [0.5, 0.6) is 17.2 Å². The summed E-state index contributed by atoms with van der Waals surface area (Å²) in [6, 6.07) is 2.33. The molecule has 0 aromatic heterocycles. The van der Waals surface area contributed by atoms with E-state index in [1.54, 1.807) is 12.2 Å². The molecule has 5 N–H and O–H groups in total. The van der Waals surface area contributed by atoms with Crippen molar-refractivity contribution in [2.24, 2.45) is 11.7 Å². The van der Waals surface area contributed by atoms with Gasteiger partial charge in [0.1, 0.15) is 5.75 Å². The van der Waals surface area contributed by atoms with Crippen molar-refractivity contribution in [1.29, 1.82) is 0 Å². The van der Waals surface area contributed by atoms with Gasteiger partial charge in [-0.1, -0.05) is 19.1 Å². The Morgan fingerprint density at radius 1 is 1.38 bits per heavy atom. The van der Waals surface area contributed by atoms with Crippen molar-refractivity contribution in [3.05, 3.63) is 36.4 Å². The van der Waals surface area contributed by atoms with Crippen LogP contribution < -0.4 is 5.73 Å². The van der Waals surface area contributed by atoms with Gasteiger partial charge >= 0.3 is 0 Å². The maximum atomic E-state index is 9.57. The van der Waals surface area contributed by atoms with E-state index >= 15 is 0 Å². The zero-order valence-electron chi connectivity index (χ0n) is 9.01. The number of allylic oxidation sites excluding steroid dienone is 2. The Morgan fingerprint density at radius 3 is 2.56 bits per heavy atom. The number of phenols is 3. The van der Waals surface area contributed by atoms with Crippen LogP contribution in [-0.2, 0) is 0 Å². The summed E-state index contributed by atoms with van der Waals surface area (Å²) in [5.74, 6) is -0.878. The monoisotopic (exact) mass is 221 g/mol. The molecule has 1 aromatic rings. The number of hydrogen-bond acceptors (Lipinski definition) is 4. The van der Waals surface area contributed by atoms with Crippen LogP contribution in [0.2, 0.25) is 0 Å². The van der Waals surface area contributed by atoms with Gasteiger partial charge in [0.05, 0.1) is 0 Å². The van der Waals surface area contributed by atoms with Crippen LogP contribution in [0.1, 0.15) is 12.5 Å². The lowest BCUT2D eigenvalue weighted by atomic mass is 10.1. The van der Waals surface area contributed by atoms with Gasteiger partial charge in [0, 0.05) is 17.3 Å². The zero-order chi connectivity index (χ0) is 12.3. The summed E-state index contributed by atoms with van der Waals surface area (Å²) in [6.45, 7) is 5.48. The van der Waals surface area contributed by atoms with Gasteiger partial charge in [-0.25, -0.2) is 0 Å². The highest BCUT2D eigenvalue weighted by Crippen LogP contribution is 2.35. The Labute approximate surface area is 94.0 Å². The Hall–Kier alpha value is -2.10. The van der Waals surface area contributed by atoms with E-state index in [4.69, 9.17) is 5.73 Å². The minimum Gasteiger partial charge on any atom is -0.508 e. The van der Waals surface area contributed by atoms with Crippen molar-refractivity contribution in [2.75, 3.05) is 0 Å². The Kier molecular flexibility index (Phi) is 3.45. The van der Waals surface area contributed by atoms with Crippen molar-refractivity contribution in [2.45, 2.75) is 6.92 Å². The third-order valence-electron chi connectivity index (χ3n) is 2.20. The summed E-state index contributed by atoms with van der Waals surface area (Å²) in [4.78, 5) is 0. The molecular weight excluding hydrogens is 206 g/mol. The number of hydrogen-bond donors (Lipinski definition) is 4. The summed E-state index contributed by atoms with van der Waals surface area (Å²) in [5.41, 5.74) is 6.22. The molecule has 4 nitrogen and oxygen atoms in total. The van der Waals surface area contributed by atoms with E-state index in [9.17, 15) is 15.3 Å². The van der Waals surface area contributed by atoms with E-state index in [1.165, 1.54) is 6.07 Å². The molecule has 0 aliphatic carbocycles. The largest absolute Gasteiger partial charge is 0.508 e. The Balaban J connectivity index is 3.22. The molecule has 0 amide bonds. The van der Waals surface area contributed by atoms with Gasteiger partial charge in [-0.05, 0) is 12.0 Å². The third kappa shape index (κ3) is 2.48. The number of phenolic OH excluding ortho intramolecular Hbond substituents is 3. The van der Waals surface area contributed by atoms with Crippen molar-refractivity contribution >= 4 is 5.70 Å². The number of nitrogens with two attached hydrogens (primary N) is 1. The predicted octanol–water partition coefficient (Wildman–Crippen LogP) is 1.93. The van der Waals surface area contributed by atoms with Crippen LogP contribution in [-0.4, -0.2) is 15.3 Å². The van der Waals surface area contributed by atoms with Crippen LogP contribution in [0.3, 0.4) is 0 Å². The van der Waals surface area contributed by atoms with Crippen molar-refractivity contribution in [1.82, 2.24) is 0 Å². The molecule has 1 rings (SSSR count). The first-order chi connectivity index (χ1) is 7.45. The first kappa shape index (κ1) is 12.0. The van der Waals surface area contributed by atoms with Crippen molar-refractivity contribution in [3.8, 4) is 17.2 Å². The SMILES string of the molecule is C=CC(C)/C=C(/N)c1cc(O)cc(O)c1O. The van der Waals surface area contributed by atoms with Crippen LogP contribution in [0, 0.1) is 5.92 Å². The molecule has 0 spiro atoms. The molecule has 1 aromatic carbocycles. The lowest BCUT2D eigenvalue weighted by Crippen LogP contribution is -1.99. The molecular formula is C12H15NO3. The number of rotatable bonds is 3. The Bertz CT molecular complexity index is 438. The molecule has 0 saturated heterocycles. The fourth-order valence-corrected chi connectivity index (χ4v) is 1.27. The highest BCUT2D eigenvalue weighted by molar-refractivity contribution is 5.72. The Morgan fingerprint density at radius 2 is 2.00 bits per heavy atom. The molecule has 1 unspecified atom stereocenters. The van der Waals surface area contributed by atoms with Gasteiger partial charge in [-0.2, -0.15) is 0 Å². The smallest absolute Gasteiger partial charge is 0.167 e. The average Bonchev–Trinajstić information content (AvgIpc) is 2.22. The highest BCUT2D eigenvalue weighted by Gasteiger charge is 2.11. The molecule has 4 heteroatoms. The van der Waals surface area contributed by atoms with Crippen LogP contribution in [0.25, 0.3) is 5.70 Å². The lowest BCUT2D eigenvalue weighted by Gasteiger charge is -2.09. The number of benzene rings is 1. The topological polar surface area (TPSA) is 86.7 Å². The molecule has 0 aliphatic rings. The standard InChI is InChI=1S/C12H15NO3/c1-3-7(2)4-10(13)9-5-8(14)6-11(15)12(9)16/h3-7,14-16H,1,13H2,2H3/b10-4+. The second-order valence-electron chi connectivity index (χ2n) is 3.58. The minimum atomic E-state index is -0.405. The van der Waals surface area contributed by atoms with Gasteiger partial charge in [-0.15, -0.1) is 6.58 Å². The van der Waals surface area contributed by atoms with E-state index in [0.717, 1.165) is 6.07 Å². The molecule has 16 heavy (non-hydrogen) atoms. The first-order valence-electron chi connectivity index (χ1n) is 4.81.